The lowest BCUT2D eigenvalue weighted by Gasteiger charge is -2.19. The maximum Gasteiger partial charge on any atom is 0.371 e. The fourth-order valence-corrected chi connectivity index (χ4v) is 2.39. The van der Waals surface area contributed by atoms with Crippen LogP contribution >= 0.6 is 0 Å². The van der Waals surface area contributed by atoms with E-state index in [4.69, 9.17) is 15.3 Å². The van der Waals surface area contributed by atoms with Gasteiger partial charge in [0.05, 0.1) is 6.54 Å². The quantitative estimate of drug-likeness (QED) is 0.822. The predicted molar refractivity (Wildman–Crippen MR) is 62.7 cm³/mol. The zero-order valence-electron chi connectivity index (χ0n) is 9.93. The summed E-state index contributed by atoms with van der Waals surface area (Å²) in [5, 5.41) is 8.77. The number of carbonyl (C=O) groups is 1. The van der Waals surface area contributed by atoms with E-state index in [0.29, 0.717) is 30.8 Å². The lowest BCUT2D eigenvalue weighted by Crippen LogP contribution is -2.27. The lowest BCUT2D eigenvalue weighted by molar-refractivity contribution is 0.0658. The molecule has 0 aromatic carbocycles. The highest BCUT2D eigenvalue weighted by Gasteiger charge is 2.28. The third-order valence-electron chi connectivity index (χ3n) is 3.36. The van der Waals surface area contributed by atoms with Crippen LogP contribution in [-0.2, 0) is 6.54 Å². The van der Waals surface area contributed by atoms with E-state index >= 15 is 0 Å². The van der Waals surface area contributed by atoms with Crippen LogP contribution in [0.1, 0.15) is 29.7 Å². The van der Waals surface area contributed by atoms with Gasteiger partial charge in [-0.25, -0.2) is 4.79 Å². The Morgan fingerprint density at radius 1 is 1.65 bits per heavy atom. The summed E-state index contributed by atoms with van der Waals surface area (Å²) in [5.41, 5.74) is 5.67. The third-order valence-corrected chi connectivity index (χ3v) is 3.36. The number of carboxylic acid groups (broad SMARTS) is 1. The van der Waals surface area contributed by atoms with Gasteiger partial charge in [-0.05, 0) is 37.9 Å². The van der Waals surface area contributed by atoms with Crippen LogP contribution in [0.25, 0.3) is 0 Å². The first kappa shape index (κ1) is 12.1. The number of nitrogens with zero attached hydrogens (tertiary/aromatic N) is 1. The van der Waals surface area contributed by atoms with Crippen molar-refractivity contribution in [3.63, 3.8) is 0 Å². The fourth-order valence-electron chi connectivity index (χ4n) is 2.39. The molecule has 2 heterocycles. The van der Waals surface area contributed by atoms with Crippen molar-refractivity contribution in [3.8, 4) is 0 Å². The topological polar surface area (TPSA) is 79.7 Å². The van der Waals surface area contributed by atoms with Crippen molar-refractivity contribution in [1.29, 1.82) is 0 Å². The van der Waals surface area contributed by atoms with Gasteiger partial charge in [0.2, 0.25) is 5.76 Å². The van der Waals surface area contributed by atoms with E-state index in [1.807, 2.05) is 0 Å². The van der Waals surface area contributed by atoms with Crippen molar-refractivity contribution in [2.24, 2.45) is 11.7 Å². The molecule has 94 valence electrons. The molecule has 0 amide bonds. The van der Waals surface area contributed by atoms with Crippen molar-refractivity contribution in [2.45, 2.75) is 25.9 Å². The Hall–Kier alpha value is -1.33. The Morgan fingerprint density at radius 2 is 2.41 bits per heavy atom. The van der Waals surface area contributed by atoms with Gasteiger partial charge in [-0.3, -0.25) is 4.90 Å². The standard InChI is InChI=1S/C12H18N2O3/c1-8-4-9(5-13)6-14(8)7-10-2-3-11(17-10)12(15)16/h2-3,8-9H,4-7,13H2,1H3,(H,15,16). The Morgan fingerprint density at radius 3 is 2.94 bits per heavy atom. The molecule has 0 aliphatic carbocycles. The van der Waals surface area contributed by atoms with Gasteiger partial charge in [-0.2, -0.15) is 0 Å². The highest BCUT2D eigenvalue weighted by Crippen LogP contribution is 2.24. The summed E-state index contributed by atoms with van der Waals surface area (Å²) >= 11 is 0. The van der Waals surface area contributed by atoms with Crippen LogP contribution in [0.15, 0.2) is 16.5 Å². The van der Waals surface area contributed by atoms with Crippen molar-refractivity contribution in [2.75, 3.05) is 13.1 Å². The minimum absolute atomic E-state index is 0.00206. The number of carboxylic acids is 1. The molecule has 1 aliphatic rings. The normalized spacial score (nSPS) is 25.3. The summed E-state index contributed by atoms with van der Waals surface area (Å²) < 4.78 is 5.25. The van der Waals surface area contributed by atoms with E-state index in [-0.39, 0.29) is 5.76 Å². The summed E-state index contributed by atoms with van der Waals surface area (Å²) in [6.07, 6.45) is 1.10. The van der Waals surface area contributed by atoms with Gasteiger partial charge in [-0.1, -0.05) is 0 Å². The summed E-state index contributed by atoms with van der Waals surface area (Å²) in [6.45, 7) is 4.49. The maximum atomic E-state index is 10.7. The van der Waals surface area contributed by atoms with Crippen molar-refractivity contribution in [3.05, 3.63) is 23.7 Å². The van der Waals surface area contributed by atoms with E-state index in [0.717, 1.165) is 13.0 Å². The van der Waals surface area contributed by atoms with Crippen LogP contribution in [0.4, 0.5) is 0 Å². The van der Waals surface area contributed by atoms with Crippen molar-refractivity contribution >= 4 is 5.97 Å². The Bertz CT molecular complexity index is 402. The Balaban J connectivity index is 1.98. The summed E-state index contributed by atoms with van der Waals surface area (Å²) in [4.78, 5) is 13.0. The molecule has 1 saturated heterocycles. The summed E-state index contributed by atoms with van der Waals surface area (Å²) in [5.74, 6) is 0.221. The average molecular weight is 238 g/mol. The number of aromatic carboxylic acids is 1. The van der Waals surface area contributed by atoms with Crippen LogP contribution in [-0.4, -0.2) is 35.1 Å². The molecule has 1 aromatic rings. The third kappa shape index (κ3) is 2.68. The lowest BCUT2D eigenvalue weighted by atomic mass is 10.1. The first-order valence-corrected chi connectivity index (χ1v) is 5.86. The molecule has 0 radical (unpaired) electrons. The first-order valence-electron chi connectivity index (χ1n) is 5.86. The predicted octanol–water partition coefficient (Wildman–Crippen LogP) is 1.15. The van der Waals surface area contributed by atoms with Crippen LogP contribution in [0, 0.1) is 5.92 Å². The molecule has 2 rings (SSSR count). The van der Waals surface area contributed by atoms with Gasteiger partial charge < -0.3 is 15.3 Å². The molecule has 0 saturated carbocycles. The molecule has 17 heavy (non-hydrogen) atoms. The van der Waals surface area contributed by atoms with Crippen LogP contribution in [0.3, 0.4) is 0 Å². The van der Waals surface area contributed by atoms with Gasteiger partial charge >= 0.3 is 5.97 Å². The SMILES string of the molecule is CC1CC(CN)CN1Cc1ccc(C(=O)O)o1. The fraction of sp³-hybridized carbons (Fsp3) is 0.583. The molecule has 1 fully saturated rings. The molecule has 2 atom stereocenters. The minimum Gasteiger partial charge on any atom is -0.475 e. The van der Waals surface area contributed by atoms with E-state index in [2.05, 4.69) is 11.8 Å². The summed E-state index contributed by atoms with van der Waals surface area (Å²) in [6, 6.07) is 3.70. The zero-order valence-corrected chi connectivity index (χ0v) is 9.93. The monoisotopic (exact) mass is 238 g/mol. The molecule has 0 bridgehead atoms. The second-order valence-electron chi connectivity index (χ2n) is 4.69. The van der Waals surface area contributed by atoms with Crippen LogP contribution in [0.5, 0.6) is 0 Å². The van der Waals surface area contributed by atoms with E-state index in [1.165, 1.54) is 6.07 Å². The molecule has 5 nitrogen and oxygen atoms in total. The number of rotatable bonds is 4. The highest BCUT2D eigenvalue weighted by atomic mass is 16.4. The van der Waals surface area contributed by atoms with E-state index in [9.17, 15) is 4.79 Å². The smallest absolute Gasteiger partial charge is 0.371 e. The van der Waals surface area contributed by atoms with Gasteiger partial charge in [0.25, 0.3) is 0 Å². The van der Waals surface area contributed by atoms with Gasteiger partial charge in [0, 0.05) is 12.6 Å². The minimum atomic E-state index is -1.02. The van der Waals surface area contributed by atoms with E-state index < -0.39 is 5.97 Å². The van der Waals surface area contributed by atoms with Crippen molar-refractivity contribution in [1.82, 2.24) is 4.90 Å². The molecule has 1 aliphatic heterocycles. The molecule has 3 N–H and O–H groups in total. The average Bonchev–Trinajstić information content (AvgIpc) is 2.87. The number of hydrogen-bond acceptors (Lipinski definition) is 4. The van der Waals surface area contributed by atoms with Gasteiger partial charge in [0.15, 0.2) is 0 Å². The zero-order chi connectivity index (χ0) is 12.4. The Kier molecular flexibility index (Phi) is 3.49. The number of hydrogen-bond donors (Lipinski definition) is 2. The molecule has 0 spiro atoms. The number of nitrogens with two attached hydrogens (primary N) is 1. The van der Waals surface area contributed by atoms with Gasteiger partial charge in [0.1, 0.15) is 5.76 Å². The van der Waals surface area contributed by atoms with Crippen molar-refractivity contribution < 1.29 is 14.3 Å². The van der Waals surface area contributed by atoms with Crippen LogP contribution in [0.2, 0.25) is 0 Å². The Labute approximate surface area is 100 Å². The van der Waals surface area contributed by atoms with Crippen LogP contribution < -0.4 is 5.73 Å². The maximum absolute atomic E-state index is 10.7. The van der Waals surface area contributed by atoms with Gasteiger partial charge in [-0.15, -0.1) is 0 Å². The first-order chi connectivity index (χ1) is 8.10. The molecule has 5 heteroatoms. The largest absolute Gasteiger partial charge is 0.475 e. The molecule has 1 aromatic heterocycles. The second kappa shape index (κ2) is 4.89. The highest BCUT2D eigenvalue weighted by molar-refractivity contribution is 5.84. The molecular formula is C12H18N2O3. The molecule has 2 unspecified atom stereocenters. The second-order valence-corrected chi connectivity index (χ2v) is 4.69. The number of likely N-dealkylation sites (tertiary alicyclic amines) is 1. The van der Waals surface area contributed by atoms with E-state index in [1.54, 1.807) is 6.07 Å². The summed E-state index contributed by atoms with van der Waals surface area (Å²) in [7, 11) is 0. The number of furan rings is 1. The molecular weight excluding hydrogens is 220 g/mol.